The minimum atomic E-state index is -3.35. The molecule has 1 aromatic heterocycles. The van der Waals surface area contributed by atoms with Crippen LogP contribution in [-0.4, -0.2) is 21.0 Å². The van der Waals surface area contributed by atoms with Crippen LogP contribution in [0.15, 0.2) is 16.3 Å². The molecule has 1 fully saturated rings. The van der Waals surface area contributed by atoms with Crippen LogP contribution in [0.2, 0.25) is 0 Å². The number of rotatable bonds is 9. The van der Waals surface area contributed by atoms with E-state index >= 15 is 0 Å². The Balaban J connectivity index is 1.88. The molecule has 0 radical (unpaired) electrons. The minimum Gasteiger partial charge on any atom is -0.310 e. The molecule has 0 bridgehead atoms. The van der Waals surface area contributed by atoms with E-state index in [1.165, 1.54) is 24.2 Å². The first kappa shape index (κ1) is 15.9. The van der Waals surface area contributed by atoms with Crippen LogP contribution in [0.1, 0.15) is 44.4 Å². The summed E-state index contributed by atoms with van der Waals surface area (Å²) in [4.78, 5) is 1.32. The zero-order valence-electron chi connectivity index (χ0n) is 12.2. The molecule has 6 heteroatoms. The van der Waals surface area contributed by atoms with Crippen molar-refractivity contribution in [3.8, 4) is 0 Å². The molecular formula is C14H24N2O2S2. The van der Waals surface area contributed by atoms with E-state index in [1.807, 2.05) is 5.38 Å². The molecule has 0 atom stereocenters. The van der Waals surface area contributed by atoms with Crippen LogP contribution in [0, 0.1) is 5.92 Å². The third-order valence-electron chi connectivity index (χ3n) is 3.44. The van der Waals surface area contributed by atoms with E-state index in [9.17, 15) is 8.42 Å². The van der Waals surface area contributed by atoms with Gasteiger partial charge in [0.2, 0.25) is 10.0 Å². The number of thiophene rings is 1. The van der Waals surface area contributed by atoms with Gasteiger partial charge < -0.3 is 5.32 Å². The summed E-state index contributed by atoms with van der Waals surface area (Å²) in [7, 11) is -3.35. The van der Waals surface area contributed by atoms with Gasteiger partial charge in [-0.15, -0.1) is 11.3 Å². The van der Waals surface area contributed by atoms with Gasteiger partial charge in [-0.2, -0.15) is 0 Å². The Morgan fingerprint density at radius 3 is 2.80 bits per heavy atom. The predicted molar refractivity (Wildman–Crippen MR) is 83.4 cm³/mol. The van der Waals surface area contributed by atoms with Gasteiger partial charge in [0.25, 0.3) is 0 Å². The minimum absolute atomic E-state index is 0.346. The van der Waals surface area contributed by atoms with E-state index < -0.39 is 10.0 Å². The van der Waals surface area contributed by atoms with Crippen molar-refractivity contribution < 1.29 is 8.42 Å². The average Bonchev–Trinajstić information content (AvgIpc) is 3.07. The number of sulfonamides is 1. The maximum absolute atomic E-state index is 12.3. The molecule has 114 valence electrons. The van der Waals surface area contributed by atoms with Gasteiger partial charge in [0.15, 0.2) is 0 Å². The molecule has 1 heterocycles. The smallest absolute Gasteiger partial charge is 0.241 e. The molecule has 0 amide bonds. The largest absolute Gasteiger partial charge is 0.310 e. The van der Waals surface area contributed by atoms with Crippen LogP contribution in [0.5, 0.6) is 0 Å². The first-order chi connectivity index (χ1) is 9.49. The zero-order chi connectivity index (χ0) is 14.6. The Morgan fingerprint density at radius 2 is 2.15 bits per heavy atom. The lowest BCUT2D eigenvalue weighted by atomic mass is 10.2. The Labute approximate surface area is 126 Å². The highest BCUT2D eigenvalue weighted by molar-refractivity contribution is 7.89. The quantitative estimate of drug-likeness (QED) is 0.689. The molecule has 2 N–H and O–H groups in total. The summed E-state index contributed by atoms with van der Waals surface area (Å²) in [6.45, 7) is 5.26. The Morgan fingerprint density at radius 1 is 1.40 bits per heavy atom. The van der Waals surface area contributed by atoms with Crippen molar-refractivity contribution in [3.05, 3.63) is 16.3 Å². The first-order valence-electron chi connectivity index (χ1n) is 7.28. The molecule has 1 aliphatic rings. The molecule has 0 aromatic carbocycles. The molecule has 0 saturated heterocycles. The summed E-state index contributed by atoms with van der Waals surface area (Å²) >= 11 is 1.49. The highest BCUT2D eigenvalue weighted by Crippen LogP contribution is 2.33. The molecule has 1 aliphatic carbocycles. The normalized spacial score (nSPS) is 15.9. The van der Waals surface area contributed by atoms with Gasteiger partial charge in [-0.05, 0) is 30.2 Å². The lowest BCUT2D eigenvalue weighted by Gasteiger charge is -2.10. The Kier molecular flexibility index (Phi) is 5.60. The second-order valence-corrected chi connectivity index (χ2v) is 8.46. The molecule has 20 heavy (non-hydrogen) atoms. The van der Waals surface area contributed by atoms with Crippen LogP contribution >= 0.6 is 11.3 Å². The van der Waals surface area contributed by atoms with Crippen molar-refractivity contribution in [3.63, 3.8) is 0 Å². The van der Waals surface area contributed by atoms with Crippen molar-refractivity contribution in [2.45, 2.75) is 57.0 Å². The monoisotopic (exact) mass is 316 g/mol. The second kappa shape index (κ2) is 7.02. The van der Waals surface area contributed by atoms with Crippen molar-refractivity contribution in [2.24, 2.45) is 5.92 Å². The topological polar surface area (TPSA) is 58.2 Å². The van der Waals surface area contributed by atoms with E-state index in [2.05, 4.69) is 23.9 Å². The maximum atomic E-state index is 12.3. The van der Waals surface area contributed by atoms with Crippen molar-refractivity contribution in [2.75, 3.05) is 6.54 Å². The fourth-order valence-electron chi connectivity index (χ4n) is 2.08. The lowest BCUT2D eigenvalue weighted by molar-refractivity contribution is 0.565. The van der Waals surface area contributed by atoms with Crippen LogP contribution in [0.3, 0.4) is 0 Å². The molecule has 1 aromatic rings. The van der Waals surface area contributed by atoms with E-state index in [0.29, 0.717) is 24.0 Å². The van der Waals surface area contributed by atoms with Gasteiger partial charge in [-0.1, -0.05) is 26.7 Å². The fourth-order valence-corrected chi connectivity index (χ4v) is 4.54. The number of nitrogens with one attached hydrogen (secondary N) is 2. The van der Waals surface area contributed by atoms with E-state index in [4.69, 9.17) is 0 Å². The van der Waals surface area contributed by atoms with Crippen LogP contribution in [0.4, 0.5) is 0 Å². The molecular weight excluding hydrogens is 292 g/mol. The predicted octanol–water partition coefficient (Wildman–Crippen LogP) is 2.71. The van der Waals surface area contributed by atoms with Crippen molar-refractivity contribution in [1.82, 2.24) is 10.0 Å². The SMILES string of the molecule is CC(C)NCc1sccc1S(=O)(=O)NCCCC1CC1. The number of hydrogen-bond acceptors (Lipinski definition) is 4. The standard InChI is InChI=1S/C14H24N2O2S2/c1-11(2)15-10-13-14(7-9-19-13)20(17,18)16-8-3-4-12-5-6-12/h7,9,11-12,15-16H,3-6,8,10H2,1-2H3. The summed E-state index contributed by atoms with van der Waals surface area (Å²) in [5, 5.41) is 5.11. The Hall–Kier alpha value is -0.430. The van der Waals surface area contributed by atoms with Crippen LogP contribution in [-0.2, 0) is 16.6 Å². The van der Waals surface area contributed by atoms with Gasteiger partial charge in [0.1, 0.15) is 0 Å². The van der Waals surface area contributed by atoms with Gasteiger partial charge in [-0.25, -0.2) is 13.1 Å². The van der Waals surface area contributed by atoms with Crippen molar-refractivity contribution in [1.29, 1.82) is 0 Å². The highest BCUT2D eigenvalue weighted by Gasteiger charge is 2.22. The second-order valence-electron chi connectivity index (χ2n) is 5.73. The third-order valence-corrected chi connectivity index (χ3v) is 6.04. The fraction of sp³-hybridized carbons (Fsp3) is 0.714. The summed E-state index contributed by atoms with van der Waals surface area (Å²) in [6, 6.07) is 2.05. The third kappa shape index (κ3) is 4.84. The van der Waals surface area contributed by atoms with Crippen LogP contribution in [0.25, 0.3) is 0 Å². The van der Waals surface area contributed by atoms with Gasteiger partial charge in [0, 0.05) is 24.0 Å². The van der Waals surface area contributed by atoms with Gasteiger partial charge >= 0.3 is 0 Å². The molecule has 2 rings (SSSR count). The molecule has 0 aliphatic heterocycles. The molecule has 4 nitrogen and oxygen atoms in total. The van der Waals surface area contributed by atoms with Crippen LogP contribution < -0.4 is 10.0 Å². The van der Waals surface area contributed by atoms with E-state index in [0.717, 1.165) is 23.6 Å². The van der Waals surface area contributed by atoms with E-state index in [-0.39, 0.29) is 0 Å². The van der Waals surface area contributed by atoms with Crippen molar-refractivity contribution >= 4 is 21.4 Å². The summed E-state index contributed by atoms with van der Waals surface area (Å²) in [6.07, 6.45) is 4.73. The summed E-state index contributed by atoms with van der Waals surface area (Å²) < 4.78 is 27.3. The highest BCUT2D eigenvalue weighted by atomic mass is 32.2. The number of hydrogen-bond donors (Lipinski definition) is 2. The lowest BCUT2D eigenvalue weighted by Crippen LogP contribution is -2.27. The van der Waals surface area contributed by atoms with E-state index in [1.54, 1.807) is 6.07 Å². The van der Waals surface area contributed by atoms with Gasteiger partial charge in [-0.3, -0.25) is 0 Å². The zero-order valence-corrected chi connectivity index (χ0v) is 13.8. The maximum Gasteiger partial charge on any atom is 0.241 e. The summed E-state index contributed by atoms with van der Waals surface area (Å²) in [5.74, 6) is 0.853. The summed E-state index contributed by atoms with van der Waals surface area (Å²) in [5.41, 5.74) is 0. The Bertz CT molecular complexity index is 519. The molecule has 0 spiro atoms. The van der Waals surface area contributed by atoms with Gasteiger partial charge in [0.05, 0.1) is 4.90 Å². The molecule has 1 saturated carbocycles. The first-order valence-corrected chi connectivity index (χ1v) is 9.65. The molecule has 0 unspecified atom stereocenters. The average molecular weight is 316 g/mol.